The van der Waals surface area contributed by atoms with Crippen LogP contribution in [0, 0.1) is 23.7 Å². The van der Waals surface area contributed by atoms with Crippen molar-refractivity contribution < 1.29 is 14.4 Å². The minimum atomic E-state index is -0.925. The number of imide groups is 1. The number of hydrogen-bond donors (Lipinski definition) is 1. The molecule has 2 bridgehead atoms. The van der Waals surface area contributed by atoms with Crippen molar-refractivity contribution in [2.75, 3.05) is 5.32 Å². The van der Waals surface area contributed by atoms with Crippen LogP contribution in [0.15, 0.2) is 78.2 Å². The molecule has 1 saturated carbocycles. The predicted octanol–water partition coefficient (Wildman–Crippen LogP) is 4.56. The van der Waals surface area contributed by atoms with E-state index in [4.69, 9.17) is 0 Å². The lowest BCUT2D eigenvalue weighted by atomic mass is 9.63. The van der Waals surface area contributed by atoms with Crippen molar-refractivity contribution >= 4 is 34.2 Å². The van der Waals surface area contributed by atoms with Crippen molar-refractivity contribution in [3.63, 3.8) is 0 Å². The Hall–Kier alpha value is -3.58. The number of likely N-dealkylation sites (tertiary alicyclic amines) is 1. The summed E-state index contributed by atoms with van der Waals surface area (Å²) in [7, 11) is 0. The largest absolute Gasteiger partial charge is 0.300 e. The van der Waals surface area contributed by atoms with Gasteiger partial charge in [-0.2, -0.15) is 0 Å². The van der Waals surface area contributed by atoms with Crippen molar-refractivity contribution in [3.8, 4) is 11.3 Å². The second kappa shape index (κ2) is 8.89. The van der Waals surface area contributed by atoms with Crippen molar-refractivity contribution in [2.45, 2.75) is 25.3 Å². The third-order valence-corrected chi connectivity index (χ3v) is 8.24. The van der Waals surface area contributed by atoms with Gasteiger partial charge < -0.3 is 5.32 Å². The molecule has 1 saturated heterocycles. The number of rotatable bonds is 6. The smallest absolute Gasteiger partial charge is 0.249 e. The molecule has 1 N–H and O–H groups in total. The van der Waals surface area contributed by atoms with E-state index in [2.05, 4.69) is 22.5 Å². The average molecular weight is 484 g/mol. The van der Waals surface area contributed by atoms with Gasteiger partial charge in [0.05, 0.1) is 17.5 Å². The van der Waals surface area contributed by atoms with E-state index in [-0.39, 0.29) is 47.8 Å². The lowest BCUT2D eigenvalue weighted by Gasteiger charge is -2.38. The van der Waals surface area contributed by atoms with Crippen molar-refractivity contribution in [1.82, 2.24) is 9.88 Å². The van der Waals surface area contributed by atoms with Gasteiger partial charge in [0.1, 0.15) is 6.04 Å². The zero-order valence-electron chi connectivity index (χ0n) is 19.0. The van der Waals surface area contributed by atoms with Crippen molar-refractivity contribution in [2.24, 2.45) is 23.7 Å². The minimum absolute atomic E-state index is 0.0827. The molecule has 2 heterocycles. The average Bonchev–Trinajstić information content (AvgIpc) is 3.48. The first-order valence-electron chi connectivity index (χ1n) is 12.0. The molecule has 0 spiro atoms. The zero-order valence-corrected chi connectivity index (χ0v) is 19.9. The molecule has 1 aromatic heterocycles. The number of benzene rings is 2. The molecule has 0 radical (unpaired) electrons. The molecule has 5 unspecified atom stereocenters. The summed E-state index contributed by atoms with van der Waals surface area (Å²) in [5.41, 5.74) is 2.63. The van der Waals surface area contributed by atoms with Gasteiger partial charge in [0, 0.05) is 17.4 Å². The third-order valence-electron chi connectivity index (χ3n) is 7.48. The fraction of sp³-hybridized carbons (Fsp3) is 0.286. The van der Waals surface area contributed by atoms with E-state index in [0.717, 1.165) is 29.7 Å². The molecule has 1 aliphatic heterocycles. The topological polar surface area (TPSA) is 79.4 Å². The summed E-state index contributed by atoms with van der Waals surface area (Å²) < 4.78 is 0. The maximum Gasteiger partial charge on any atom is 0.249 e. The quantitative estimate of drug-likeness (QED) is 0.412. The van der Waals surface area contributed by atoms with Crippen LogP contribution in [-0.2, 0) is 20.8 Å². The SMILES string of the molecule is O=C(Nc1nc(-c2ccccc2)cs1)C(Cc1ccccc1)N1C(=O)C2C3C=CC(CC3)C2C1=O. The maximum absolute atomic E-state index is 13.6. The third kappa shape index (κ3) is 3.90. The molecular weight excluding hydrogens is 458 g/mol. The molecule has 3 aliphatic carbocycles. The van der Waals surface area contributed by atoms with Gasteiger partial charge in [-0.3, -0.25) is 19.3 Å². The number of hydrogen-bond acceptors (Lipinski definition) is 5. The van der Waals surface area contributed by atoms with Gasteiger partial charge in [-0.25, -0.2) is 4.98 Å². The number of aromatic nitrogens is 1. The number of thiazole rings is 1. The van der Waals surface area contributed by atoms with Crippen LogP contribution in [0.3, 0.4) is 0 Å². The predicted molar refractivity (Wildman–Crippen MR) is 134 cm³/mol. The second-order valence-corrected chi connectivity index (χ2v) is 10.3. The van der Waals surface area contributed by atoms with Crippen molar-refractivity contribution in [3.05, 3.63) is 83.8 Å². The minimum Gasteiger partial charge on any atom is -0.300 e. The molecule has 176 valence electrons. The Balaban J connectivity index is 1.29. The summed E-state index contributed by atoms with van der Waals surface area (Å²) in [5.74, 6) is -1.33. The van der Waals surface area contributed by atoms with E-state index in [1.54, 1.807) is 0 Å². The Labute approximate surface area is 207 Å². The number of amides is 3. The summed E-state index contributed by atoms with van der Waals surface area (Å²) in [6, 6.07) is 18.4. The lowest BCUT2D eigenvalue weighted by molar-refractivity contribution is -0.146. The highest BCUT2D eigenvalue weighted by atomic mass is 32.1. The van der Waals surface area contributed by atoms with Gasteiger partial charge >= 0.3 is 0 Å². The van der Waals surface area contributed by atoms with Gasteiger partial charge in [0.15, 0.2) is 5.13 Å². The lowest BCUT2D eigenvalue weighted by Crippen LogP contribution is -2.49. The van der Waals surface area contributed by atoms with Gasteiger partial charge in [-0.1, -0.05) is 72.8 Å². The van der Waals surface area contributed by atoms with Crippen molar-refractivity contribution in [1.29, 1.82) is 0 Å². The van der Waals surface area contributed by atoms with E-state index in [0.29, 0.717) is 5.13 Å². The molecule has 5 atom stereocenters. The fourth-order valence-corrected chi connectivity index (χ4v) is 6.53. The van der Waals surface area contributed by atoms with Gasteiger partial charge in [0.2, 0.25) is 17.7 Å². The number of allylic oxidation sites excluding steroid dienone is 2. The zero-order chi connectivity index (χ0) is 23.9. The normalized spacial score (nSPS) is 25.5. The Kier molecular flexibility index (Phi) is 5.57. The number of anilines is 1. The summed E-state index contributed by atoms with van der Waals surface area (Å²) in [6.45, 7) is 0. The second-order valence-electron chi connectivity index (χ2n) is 9.49. The molecule has 2 aromatic carbocycles. The highest BCUT2D eigenvalue weighted by molar-refractivity contribution is 7.14. The van der Waals surface area contributed by atoms with E-state index in [1.807, 2.05) is 66.0 Å². The molecule has 2 fully saturated rings. The first-order valence-corrected chi connectivity index (χ1v) is 12.9. The standard InChI is InChI=1S/C28H25N3O3S/c32-25(30-28-29-21(16-35-28)18-9-5-2-6-10-18)22(15-17-7-3-1-4-8-17)31-26(33)23-19-11-12-20(14-13-19)24(23)27(31)34/h1-12,16,19-20,22-24H,13-15H2,(H,29,30,32). The number of fused-ring (bicyclic) bond motifs is 1. The maximum atomic E-state index is 13.6. The molecule has 3 amide bonds. The summed E-state index contributed by atoms with van der Waals surface area (Å²) in [6.07, 6.45) is 6.30. The van der Waals surface area contributed by atoms with Gasteiger partial charge in [-0.05, 0) is 30.2 Å². The number of carbonyl (C=O) groups excluding carboxylic acids is 3. The van der Waals surface area contributed by atoms with Crippen LogP contribution in [0.2, 0.25) is 0 Å². The van der Waals surface area contributed by atoms with Crippen LogP contribution in [0.25, 0.3) is 11.3 Å². The molecule has 7 rings (SSSR count). The fourth-order valence-electron chi connectivity index (χ4n) is 5.80. The molecule has 4 aliphatic rings. The summed E-state index contributed by atoms with van der Waals surface area (Å²) >= 11 is 1.33. The Bertz CT molecular complexity index is 1270. The van der Waals surface area contributed by atoms with Crippen LogP contribution in [0.4, 0.5) is 5.13 Å². The van der Waals surface area contributed by atoms with Crippen LogP contribution in [0.1, 0.15) is 18.4 Å². The highest BCUT2D eigenvalue weighted by Crippen LogP contribution is 2.50. The number of carbonyl (C=O) groups is 3. The number of nitrogens with one attached hydrogen (secondary N) is 1. The summed E-state index contributed by atoms with van der Waals surface area (Å²) in [4.78, 5) is 46.6. The molecule has 7 heteroatoms. The van der Waals surface area contributed by atoms with E-state index < -0.39 is 6.04 Å². The first kappa shape index (κ1) is 21.9. The van der Waals surface area contributed by atoms with Crippen LogP contribution in [-0.4, -0.2) is 33.6 Å². The molecular formula is C28H25N3O3S. The highest BCUT2D eigenvalue weighted by Gasteiger charge is 2.58. The van der Waals surface area contributed by atoms with Gasteiger partial charge in [0.25, 0.3) is 0 Å². The Morgan fingerprint density at radius 3 is 2.14 bits per heavy atom. The van der Waals surface area contributed by atoms with Crippen LogP contribution in [0.5, 0.6) is 0 Å². The van der Waals surface area contributed by atoms with E-state index >= 15 is 0 Å². The Morgan fingerprint density at radius 2 is 1.54 bits per heavy atom. The van der Waals surface area contributed by atoms with E-state index in [9.17, 15) is 14.4 Å². The summed E-state index contributed by atoms with van der Waals surface area (Å²) in [5, 5.41) is 5.24. The number of nitrogens with zero attached hydrogens (tertiary/aromatic N) is 2. The molecule has 3 aromatic rings. The monoisotopic (exact) mass is 483 g/mol. The van der Waals surface area contributed by atoms with Gasteiger partial charge in [-0.15, -0.1) is 11.3 Å². The van der Waals surface area contributed by atoms with E-state index in [1.165, 1.54) is 16.2 Å². The van der Waals surface area contributed by atoms with Crippen LogP contribution >= 0.6 is 11.3 Å². The van der Waals surface area contributed by atoms with Crippen LogP contribution < -0.4 is 5.32 Å². The first-order chi connectivity index (χ1) is 17.1. The molecule has 6 nitrogen and oxygen atoms in total. The molecule has 35 heavy (non-hydrogen) atoms. The Morgan fingerprint density at radius 1 is 0.943 bits per heavy atom.